The Balaban J connectivity index is 2.73. The molecule has 90 valence electrons. The van der Waals surface area contributed by atoms with Crippen molar-refractivity contribution in [2.24, 2.45) is 0 Å². The highest BCUT2D eigenvalue weighted by Crippen LogP contribution is 2.28. The first kappa shape index (κ1) is 13.2. The molecule has 0 aromatic carbocycles. The van der Waals surface area contributed by atoms with E-state index in [1.807, 2.05) is 6.92 Å². The van der Waals surface area contributed by atoms with E-state index in [0.29, 0.717) is 13.2 Å². The smallest absolute Gasteiger partial charge is 0.235 e. The molecule has 0 aromatic rings. The number of hydrogen-bond acceptors (Lipinski definition) is 4. The molecule has 1 aliphatic heterocycles. The van der Waals surface area contributed by atoms with Crippen molar-refractivity contribution in [3.8, 4) is 0 Å². The number of rotatable bonds is 5. The number of ether oxygens (including phenoxy) is 1. The lowest BCUT2D eigenvalue weighted by Gasteiger charge is -2.27. The van der Waals surface area contributed by atoms with Gasteiger partial charge in [-0.2, -0.15) is 0 Å². The number of nitrogens with zero attached hydrogens (tertiary/aromatic N) is 1. The van der Waals surface area contributed by atoms with Gasteiger partial charge in [0, 0.05) is 30.4 Å². The molecule has 4 nitrogen and oxygen atoms in total. The summed E-state index contributed by atoms with van der Waals surface area (Å²) in [7, 11) is 1.80. The number of likely N-dealkylation sites (tertiary alicyclic amines) is 1. The molecule has 15 heavy (non-hydrogen) atoms. The average molecular weight is 256 g/mol. The highest BCUT2D eigenvalue weighted by molar-refractivity contribution is 8.13. The van der Waals surface area contributed by atoms with Gasteiger partial charge in [0.25, 0.3) is 0 Å². The van der Waals surface area contributed by atoms with Crippen molar-refractivity contribution in [1.82, 2.24) is 4.90 Å². The van der Waals surface area contributed by atoms with Crippen LogP contribution in [0.2, 0.25) is 0 Å². The van der Waals surface area contributed by atoms with Gasteiger partial charge < -0.3 is 9.64 Å². The fourth-order valence-electron chi connectivity index (χ4n) is 2.10. The molecule has 1 fully saturated rings. The first-order valence-electron chi connectivity index (χ1n) is 5.19. The molecule has 0 radical (unpaired) electrons. The summed E-state index contributed by atoms with van der Waals surface area (Å²) in [6.07, 6.45) is 0.737. The summed E-state index contributed by atoms with van der Waals surface area (Å²) in [5.74, 6) is -0.0914. The van der Waals surface area contributed by atoms with Crippen molar-refractivity contribution < 1.29 is 13.2 Å². The van der Waals surface area contributed by atoms with Crippen LogP contribution in [0.15, 0.2) is 0 Å². The van der Waals surface area contributed by atoms with Gasteiger partial charge >= 0.3 is 0 Å². The maximum absolute atomic E-state index is 11.1. The lowest BCUT2D eigenvalue weighted by Crippen LogP contribution is -2.42. The van der Waals surface area contributed by atoms with Crippen LogP contribution in [0, 0.1) is 0 Å². The third-order valence-corrected chi connectivity index (χ3v) is 3.93. The van der Waals surface area contributed by atoms with Crippen LogP contribution >= 0.6 is 10.7 Å². The van der Waals surface area contributed by atoms with Crippen molar-refractivity contribution in [2.75, 3.05) is 32.0 Å². The van der Waals surface area contributed by atoms with Crippen molar-refractivity contribution >= 4 is 19.7 Å². The monoisotopic (exact) mass is 255 g/mol. The van der Waals surface area contributed by atoms with Gasteiger partial charge in [0.1, 0.15) is 0 Å². The molecule has 1 rings (SSSR count). The van der Waals surface area contributed by atoms with Crippen LogP contribution in [0.5, 0.6) is 0 Å². The zero-order valence-electron chi connectivity index (χ0n) is 9.20. The molecule has 6 heteroatoms. The van der Waals surface area contributed by atoms with E-state index in [0.717, 1.165) is 19.5 Å². The van der Waals surface area contributed by atoms with Gasteiger partial charge in [0.2, 0.25) is 9.05 Å². The Morgan fingerprint density at radius 2 is 2.13 bits per heavy atom. The standard InChI is InChI=1S/C9H18ClNO3S/c1-3-11-6-5-9(7-11,14-4-2)8-15(10,12)13/h3-8H2,1-2H3. The maximum atomic E-state index is 11.1. The lowest BCUT2D eigenvalue weighted by molar-refractivity contribution is -0.0128. The molecule has 1 heterocycles. The molecular weight excluding hydrogens is 238 g/mol. The zero-order valence-corrected chi connectivity index (χ0v) is 10.8. The first-order valence-corrected chi connectivity index (χ1v) is 7.67. The molecule has 1 saturated heterocycles. The van der Waals surface area contributed by atoms with Crippen LogP contribution in [0.3, 0.4) is 0 Å². The maximum Gasteiger partial charge on any atom is 0.235 e. The minimum Gasteiger partial charge on any atom is -0.373 e. The summed E-state index contributed by atoms with van der Waals surface area (Å²) in [6.45, 7) is 6.89. The third-order valence-electron chi connectivity index (χ3n) is 2.73. The second kappa shape index (κ2) is 4.99. The summed E-state index contributed by atoms with van der Waals surface area (Å²) in [4.78, 5) is 2.18. The van der Waals surface area contributed by atoms with E-state index in [2.05, 4.69) is 11.8 Å². The average Bonchev–Trinajstić information content (AvgIpc) is 2.46. The van der Waals surface area contributed by atoms with Crippen LogP contribution in [-0.4, -0.2) is 50.9 Å². The van der Waals surface area contributed by atoms with Crippen molar-refractivity contribution in [2.45, 2.75) is 25.9 Å². The number of halogens is 1. The fraction of sp³-hybridized carbons (Fsp3) is 1.00. The Hall–Kier alpha value is 0.160. The van der Waals surface area contributed by atoms with E-state index in [-0.39, 0.29) is 5.75 Å². The van der Waals surface area contributed by atoms with E-state index in [1.165, 1.54) is 0 Å². The van der Waals surface area contributed by atoms with Gasteiger partial charge in [-0.3, -0.25) is 0 Å². The van der Waals surface area contributed by atoms with Crippen LogP contribution in [0.4, 0.5) is 0 Å². The highest BCUT2D eigenvalue weighted by Gasteiger charge is 2.41. The van der Waals surface area contributed by atoms with E-state index >= 15 is 0 Å². The topological polar surface area (TPSA) is 46.6 Å². The molecule has 0 N–H and O–H groups in total. The molecule has 0 saturated carbocycles. The molecule has 1 unspecified atom stereocenters. The highest BCUT2D eigenvalue weighted by atomic mass is 35.7. The second-order valence-electron chi connectivity index (χ2n) is 3.92. The Morgan fingerprint density at radius 3 is 2.53 bits per heavy atom. The van der Waals surface area contributed by atoms with E-state index in [4.69, 9.17) is 15.4 Å². The minimum atomic E-state index is -3.50. The largest absolute Gasteiger partial charge is 0.373 e. The van der Waals surface area contributed by atoms with Gasteiger partial charge in [-0.25, -0.2) is 8.42 Å². The normalized spacial score (nSPS) is 28.5. The second-order valence-corrected chi connectivity index (χ2v) is 6.69. The molecule has 0 aliphatic carbocycles. The van der Waals surface area contributed by atoms with Crippen LogP contribution in [0.1, 0.15) is 20.3 Å². The Kier molecular flexibility index (Phi) is 4.40. The summed E-state index contributed by atoms with van der Waals surface area (Å²) in [5, 5.41) is 0. The Labute approximate surface area is 96.0 Å². The summed E-state index contributed by atoms with van der Waals surface area (Å²) in [5.41, 5.74) is -0.592. The van der Waals surface area contributed by atoms with E-state index in [9.17, 15) is 8.42 Å². The van der Waals surface area contributed by atoms with Gasteiger partial charge in [-0.15, -0.1) is 0 Å². The number of likely N-dealkylation sites (N-methyl/N-ethyl adjacent to an activating group) is 1. The predicted molar refractivity (Wildman–Crippen MR) is 60.7 cm³/mol. The van der Waals surface area contributed by atoms with Gasteiger partial charge in [0.05, 0.1) is 11.4 Å². The summed E-state index contributed by atoms with van der Waals surface area (Å²) < 4.78 is 27.9. The van der Waals surface area contributed by atoms with Gasteiger partial charge in [-0.05, 0) is 19.9 Å². The van der Waals surface area contributed by atoms with Crippen molar-refractivity contribution in [1.29, 1.82) is 0 Å². The molecule has 0 bridgehead atoms. The molecule has 0 spiro atoms. The van der Waals surface area contributed by atoms with Gasteiger partial charge in [0.15, 0.2) is 0 Å². The molecule has 0 amide bonds. The van der Waals surface area contributed by atoms with Crippen molar-refractivity contribution in [3.05, 3.63) is 0 Å². The predicted octanol–water partition coefficient (Wildman–Crippen LogP) is 1.06. The molecule has 0 aromatic heterocycles. The summed E-state index contributed by atoms with van der Waals surface area (Å²) in [6, 6.07) is 0. The lowest BCUT2D eigenvalue weighted by atomic mass is 10.1. The fourth-order valence-corrected chi connectivity index (χ4v) is 3.64. The van der Waals surface area contributed by atoms with E-state index in [1.54, 1.807) is 0 Å². The van der Waals surface area contributed by atoms with Crippen LogP contribution < -0.4 is 0 Å². The molecule has 1 aliphatic rings. The Bertz CT molecular complexity index is 306. The molecule has 1 atom stereocenters. The van der Waals surface area contributed by atoms with Crippen LogP contribution in [-0.2, 0) is 13.8 Å². The van der Waals surface area contributed by atoms with E-state index < -0.39 is 14.7 Å². The third kappa shape index (κ3) is 3.90. The quantitative estimate of drug-likeness (QED) is 0.689. The van der Waals surface area contributed by atoms with Crippen LogP contribution in [0.25, 0.3) is 0 Å². The SMILES string of the molecule is CCOC1(CS(=O)(=O)Cl)CCN(CC)C1. The summed E-state index contributed by atoms with van der Waals surface area (Å²) >= 11 is 0. The van der Waals surface area contributed by atoms with Gasteiger partial charge in [-0.1, -0.05) is 6.92 Å². The minimum absolute atomic E-state index is 0.0914. The molecular formula is C9H18ClNO3S. The van der Waals surface area contributed by atoms with Crippen molar-refractivity contribution in [3.63, 3.8) is 0 Å². The first-order chi connectivity index (χ1) is 6.91. The zero-order chi connectivity index (χ0) is 11.5. The Morgan fingerprint density at radius 1 is 1.47 bits per heavy atom. The number of hydrogen-bond donors (Lipinski definition) is 0.